The molecule has 1 aliphatic carbocycles. The maximum absolute atomic E-state index is 13.9. The first-order chi connectivity index (χ1) is 22.5. The summed E-state index contributed by atoms with van der Waals surface area (Å²) >= 11 is 6.07. The highest BCUT2D eigenvalue weighted by Gasteiger charge is 2.27. The van der Waals surface area contributed by atoms with Gasteiger partial charge in [0.05, 0.1) is 44.9 Å². The van der Waals surface area contributed by atoms with Crippen LogP contribution < -0.4 is 11.0 Å². The van der Waals surface area contributed by atoms with Gasteiger partial charge in [0.1, 0.15) is 5.60 Å². The van der Waals surface area contributed by atoms with Gasteiger partial charge in [0.2, 0.25) is 0 Å². The zero-order chi connectivity index (χ0) is 33.3. The summed E-state index contributed by atoms with van der Waals surface area (Å²) in [5.74, 6) is 0.163. The van der Waals surface area contributed by atoms with Crippen molar-refractivity contribution < 1.29 is 14.3 Å². The molecular weight excluding hydrogens is 616 g/mol. The molecule has 0 bridgehead atoms. The number of carbonyl (C=O) groups excluding carboxylic acids is 2. The minimum Gasteiger partial charge on any atom is -0.444 e. The largest absolute Gasteiger partial charge is 0.444 e. The minimum absolute atomic E-state index is 0.0689. The van der Waals surface area contributed by atoms with Crippen molar-refractivity contribution in [3.8, 4) is 5.69 Å². The van der Waals surface area contributed by atoms with Gasteiger partial charge in [0, 0.05) is 31.9 Å². The van der Waals surface area contributed by atoms with Crippen molar-refractivity contribution in [2.24, 2.45) is 5.92 Å². The molecule has 0 radical (unpaired) electrons. The first kappa shape index (κ1) is 32.5. The summed E-state index contributed by atoms with van der Waals surface area (Å²) in [6, 6.07) is 13.5. The molecule has 246 valence electrons. The lowest BCUT2D eigenvalue weighted by molar-refractivity contribution is 0.0270. The van der Waals surface area contributed by atoms with E-state index in [4.69, 9.17) is 21.3 Å². The van der Waals surface area contributed by atoms with Crippen LogP contribution in [0, 0.1) is 12.8 Å². The number of hydrogen-bond donors (Lipinski definition) is 1. The van der Waals surface area contributed by atoms with Crippen LogP contribution in [-0.4, -0.2) is 60.7 Å². The molecule has 10 nitrogen and oxygen atoms in total. The summed E-state index contributed by atoms with van der Waals surface area (Å²) in [5, 5.41) is 3.59. The average molecular weight is 657 g/mol. The summed E-state index contributed by atoms with van der Waals surface area (Å²) in [7, 11) is 0. The number of halogens is 1. The van der Waals surface area contributed by atoms with Gasteiger partial charge in [-0.05, 0) is 102 Å². The smallest absolute Gasteiger partial charge is 0.410 e. The van der Waals surface area contributed by atoms with Gasteiger partial charge < -0.3 is 15.0 Å². The van der Waals surface area contributed by atoms with Crippen LogP contribution in [0.4, 0.5) is 4.79 Å². The zero-order valence-corrected chi connectivity index (χ0v) is 28.1. The summed E-state index contributed by atoms with van der Waals surface area (Å²) < 4.78 is 9.12. The molecule has 4 aromatic rings. The van der Waals surface area contributed by atoms with Crippen molar-refractivity contribution in [2.45, 2.75) is 78.0 Å². The number of nitrogens with one attached hydrogen (secondary N) is 1. The zero-order valence-electron chi connectivity index (χ0n) is 27.3. The SMILES string of the molecule is Cc1ncc(Cl)cc1C(=O)N[C@H]1CC[C@H](Cn2c(=O)n(-c3ccc(C4=CCN(C(=O)OC(C)(C)C)CC4)nc3)c3ccccc32)CC1. The number of benzene rings is 1. The maximum atomic E-state index is 13.9. The summed E-state index contributed by atoms with van der Waals surface area (Å²) in [6.07, 6.45) is 9.16. The highest BCUT2D eigenvalue weighted by molar-refractivity contribution is 6.30. The van der Waals surface area contributed by atoms with Crippen LogP contribution in [0.1, 0.15) is 74.6 Å². The number of fused-ring (bicyclic) bond motifs is 1. The molecule has 3 aromatic heterocycles. The molecule has 47 heavy (non-hydrogen) atoms. The Kier molecular flexibility index (Phi) is 9.23. The molecule has 1 aromatic carbocycles. The first-order valence-corrected chi connectivity index (χ1v) is 16.6. The van der Waals surface area contributed by atoms with E-state index in [9.17, 15) is 14.4 Å². The monoisotopic (exact) mass is 656 g/mol. The van der Waals surface area contributed by atoms with Crippen LogP contribution in [0.15, 0.2) is 65.7 Å². The van der Waals surface area contributed by atoms with Gasteiger partial charge in [-0.3, -0.25) is 23.9 Å². The van der Waals surface area contributed by atoms with E-state index in [1.165, 1.54) is 0 Å². The van der Waals surface area contributed by atoms with Gasteiger partial charge in [-0.25, -0.2) is 9.59 Å². The van der Waals surface area contributed by atoms with Crippen molar-refractivity contribution in [2.75, 3.05) is 13.1 Å². The highest BCUT2D eigenvalue weighted by atomic mass is 35.5. The molecule has 0 unspecified atom stereocenters. The number of pyridine rings is 2. The lowest BCUT2D eigenvalue weighted by Crippen LogP contribution is -2.39. The van der Waals surface area contributed by atoms with Crippen molar-refractivity contribution in [1.29, 1.82) is 0 Å². The molecule has 0 atom stereocenters. The minimum atomic E-state index is -0.533. The van der Waals surface area contributed by atoms with E-state index >= 15 is 0 Å². The summed E-state index contributed by atoms with van der Waals surface area (Å²) in [4.78, 5) is 49.9. The summed E-state index contributed by atoms with van der Waals surface area (Å²) in [6.45, 7) is 9.03. The molecule has 1 aliphatic heterocycles. The Morgan fingerprint density at radius 3 is 2.43 bits per heavy atom. The van der Waals surface area contributed by atoms with Gasteiger partial charge >= 0.3 is 11.8 Å². The number of nitrogens with zero attached hydrogens (tertiary/aromatic N) is 5. The van der Waals surface area contributed by atoms with Gasteiger partial charge in [-0.2, -0.15) is 0 Å². The predicted octanol–water partition coefficient (Wildman–Crippen LogP) is 6.56. The van der Waals surface area contributed by atoms with Crippen LogP contribution in [0.2, 0.25) is 5.02 Å². The fourth-order valence-electron chi connectivity index (χ4n) is 6.48. The van der Waals surface area contributed by atoms with Gasteiger partial charge in [0.25, 0.3) is 5.91 Å². The number of aromatic nitrogens is 4. The number of rotatable bonds is 6. The molecule has 0 saturated heterocycles. The Labute approximate surface area is 279 Å². The number of amides is 2. The second-order valence-corrected chi connectivity index (χ2v) is 13.9. The number of ether oxygens (including phenoxy) is 1. The third-order valence-corrected chi connectivity index (χ3v) is 9.16. The highest BCUT2D eigenvalue weighted by Crippen LogP contribution is 2.28. The fourth-order valence-corrected chi connectivity index (χ4v) is 6.64. The number of carbonyl (C=O) groups is 2. The van der Waals surface area contributed by atoms with Crippen LogP contribution in [-0.2, 0) is 11.3 Å². The summed E-state index contributed by atoms with van der Waals surface area (Å²) in [5.41, 5.74) is 4.86. The fraction of sp³-hybridized carbons (Fsp3) is 0.417. The van der Waals surface area contributed by atoms with Crippen LogP contribution in [0.3, 0.4) is 0 Å². The Hall–Kier alpha value is -4.44. The predicted molar refractivity (Wildman–Crippen MR) is 183 cm³/mol. The first-order valence-electron chi connectivity index (χ1n) is 16.2. The van der Waals surface area contributed by atoms with Crippen molar-refractivity contribution in [1.82, 2.24) is 29.3 Å². The van der Waals surface area contributed by atoms with E-state index < -0.39 is 5.60 Å². The van der Waals surface area contributed by atoms with E-state index in [0.29, 0.717) is 53.9 Å². The van der Waals surface area contributed by atoms with E-state index in [1.54, 1.807) is 34.9 Å². The topological polar surface area (TPSA) is 111 Å². The second kappa shape index (κ2) is 13.4. The molecule has 0 spiro atoms. The van der Waals surface area contributed by atoms with Crippen molar-refractivity contribution in [3.63, 3.8) is 0 Å². The molecule has 4 heterocycles. The number of aryl methyl sites for hydroxylation is 1. The van der Waals surface area contributed by atoms with Crippen LogP contribution in [0.25, 0.3) is 22.3 Å². The Balaban J connectivity index is 1.13. The third-order valence-electron chi connectivity index (χ3n) is 8.95. The number of imidazole rings is 1. The average Bonchev–Trinajstić information content (AvgIpc) is 3.33. The standard InChI is InChI=1S/C36H41ClN6O4/c1-23-29(19-26(37)20-38-23)33(44)40-27-11-9-24(10-12-27)22-42-31-7-5-6-8-32(31)43(34(42)45)28-13-14-30(39-21-28)25-15-17-41(18-16-25)35(46)47-36(2,3)4/h5-8,13-15,19-21,24,27H,9-12,16-18,22H2,1-4H3,(H,40,44)/t24-,27-. The van der Waals surface area contributed by atoms with Gasteiger partial charge in [-0.15, -0.1) is 0 Å². The molecule has 2 aliphatic rings. The number of hydrogen-bond acceptors (Lipinski definition) is 6. The lowest BCUT2D eigenvalue weighted by Gasteiger charge is -2.29. The third kappa shape index (κ3) is 7.27. The van der Waals surface area contributed by atoms with Gasteiger partial charge in [-0.1, -0.05) is 29.8 Å². The van der Waals surface area contributed by atoms with E-state index in [2.05, 4.69) is 10.3 Å². The second-order valence-electron chi connectivity index (χ2n) is 13.5. The number of para-hydroxylation sites is 2. The maximum Gasteiger partial charge on any atom is 0.410 e. The molecule has 1 fully saturated rings. The Bertz CT molecular complexity index is 1880. The Morgan fingerprint density at radius 2 is 1.77 bits per heavy atom. The van der Waals surface area contributed by atoms with Crippen molar-refractivity contribution >= 4 is 40.2 Å². The molecule has 1 N–H and O–H groups in total. The quantitative estimate of drug-likeness (QED) is 0.252. The van der Waals surface area contributed by atoms with E-state index in [1.807, 2.05) is 67.8 Å². The van der Waals surface area contributed by atoms with Crippen LogP contribution in [0.5, 0.6) is 0 Å². The van der Waals surface area contributed by atoms with Gasteiger partial charge in [0.15, 0.2) is 0 Å². The lowest BCUT2D eigenvalue weighted by atomic mass is 9.85. The molecule has 6 rings (SSSR count). The van der Waals surface area contributed by atoms with E-state index in [-0.39, 0.29) is 23.7 Å². The Morgan fingerprint density at radius 1 is 1.02 bits per heavy atom. The normalized spacial score (nSPS) is 18.6. The molecule has 2 amide bonds. The molecular formula is C36H41ClN6O4. The van der Waals surface area contributed by atoms with Crippen molar-refractivity contribution in [3.05, 3.63) is 93.4 Å². The molecule has 11 heteroatoms. The molecule has 1 saturated carbocycles. The van der Waals surface area contributed by atoms with Crippen LogP contribution >= 0.6 is 11.6 Å². The van der Waals surface area contributed by atoms with E-state index in [0.717, 1.165) is 48.0 Å².